The van der Waals surface area contributed by atoms with E-state index in [1.54, 1.807) is 0 Å². The maximum Gasteiger partial charge on any atom is 0.339 e. The number of amides is 2. The predicted molar refractivity (Wildman–Crippen MR) is 72.6 cm³/mol. The van der Waals surface area contributed by atoms with Crippen LogP contribution in [0.4, 0.5) is 10.5 Å². The molecule has 21 heavy (non-hydrogen) atoms. The second kappa shape index (κ2) is 6.91. The minimum absolute atomic E-state index is 0.195. The van der Waals surface area contributed by atoms with Crippen LogP contribution in [0.15, 0.2) is 18.2 Å². The number of carboxylic acids is 1. The topological polar surface area (TPSA) is 117 Å². The van der Waals surface area contributed by atoms with Crippen molar-refractivity contribution in [1.82, 2.24) is 5.32 Å². The molecule has 8 heteroatoms. The van der Waals surface area contributed by atoms with Crippen molar-refractivity contribution < 1.29 is 29.3 Å². The molecule has 1 atom stereocenters. The number of hydrogen-bond acceptors (Lipinski definition) is 5. The fraction of sp³-hybridized carbons (Fsp3) is 0.385. The van der Waals surface area contributed by atoms with Crippen LogP contribution in [0.3, 0.4) is 0 Å². The van der Waals surface area contributed by atoms with Crippen molar-refractivity contribution in [2.24, 2.45) is 0 Å². The minimum atomic E-state index is -1.27. The van der Waals surface area contributed by atoms with Crippen molar-refractivity contribution in [3.8, 4) is 5.75 Å². The Balaban J connectivity index is 1.87. The van der Waals surface area contributed by atoms with E-state index in [1.807, 2.05) is 0 Å². The van der Waals surface area contributed by atoms with Gasteiger partial charge in [-0.15, -0.1) is 0 Å². The van der Waals surface area contributed by atoms with Crippen molar-refractivity contribution in [2.45, 2.75) is 6.10 Å². The highest BCUT2D eigenvalue weighted by molar-refractivity contribution is 5.95. The van der Waals surface area contributed by atoms with Gasteiger partial charge < -0.3 is 30.3 Å². The Morgan fingerprint density at radius 1 is 1.33 bits per heavy atom. The number of hydrogen-bond donors (Lipinski definition) is 4. The summed E-state index contributed by atoms with van der Waals surface area (Å²) in [7, 11) is 0. The van der Waals surface area contributed by atoms with Crippen molar-refractivity contribution in [3.63, 3.8) is 0 Å². The van der Waals surface area contributed by atoms with E-state index in [1.165, 1.54) is 18.2 Å². The lowest BCUT2D eigenvalue weighted by atomic mass is 10.2. The molecule has 0 aliphatic carbocycles. The van der Waals surface area contributed by atoms with E-state index in [0.717, 1.165) is 0 Å². The number of carboxylic acid groups (broad SMARTS) is 1. The van der Waals surface area contributed by atoms with Crippen LogP contribution >= 0.6 is 0 Å². The van der Waals surface area contributed by atoms with Crippen molar-refractivity contribution in [3.05, 3.63) is 23.8 Å². The Kier molecular flexibility index (Phi) is 4.96. The number of urea groups is 1. The van der Waals surface area contributed by atoms with Crippen molar-refractivity contribution >= 4 is 17.7 Å². The third kappa shape index (κ3) is 4.33. The van der Waals surface area contributed by atoms with E-state index < -0.39 is 12.0 Å². The highest BCUT2D eigenvalue weighted by Crippen LogP contribution is 2.21. The highest BCUT2D eigenvalue weighted by atomic mass is 16.6. The number of rotatable bonds is 4. The Labute approximate surface area is 120 Å². The summed E-state index contributed by atoms with van der Waals surface area (Å²) in [6.45, 7) is 1.75. The number of aromatic hydroxyl groups is 1. The molecule has 1 aliphatic rings. The first-order chi connectivity index (χ1) is 10.1. The fourth-order valence-corrected chi connectivity index (χ4v) is 1.82. The van der Waals surface area contributed by atoms with Gasteiger partial charge in [0.15, 0.2) is 0 Å². The lowest BCUT2D eigenvalue weighted by Gasteiger charge is -2.23. The van der Waals surface area contributed by atoms with E-state index in [9.17, 15) is 14.7 Å². The summed E-state index contributed by atoms with van der Waals surface area (Å²) in [6, 6.07) is 3.29. The van der Waals surface area contributed by atoms with Crippen LogP contribution in [0.25, 0.3) is 0 Å². The summed E-state index contributed by atoms with van der Waals surface area (Å²) in [5.41, 5.74) is -0.0136. The number of carbonyl (C=O) groups excluding carboxylic acids is 1. The third-order valence-corrected chi connectivity index (χ3v) is 2.86. The average Bonchev–Trinajstić information content (AvgIpc) is 2.48. The molecule has 1 aliphatic heterocycles. The minimum Gasteiger partial charge on any atom is -0.507 e. The average molecular weight is 296 g/mol. The fourth-order valence-electron chi connectivity index (χ4n) is 1.82. The van der Waals surface area contributed by atoms with E-state index in [0.29, 0.717) is 19.8 Å². The van der Waals surface area contributed by atoms with Crippen molar-refractivity contribution in [1.29, 1.82) is 0 Å². The molecular formula is C13H16N2O6. The molecule has 0 radical (unpaired) electrons. The smallest absolute Gasteiger partial charge is 0.339 e. The number of benzene rings is 1. The Bertz CT molecular complexity index is 527. The van der Waals surface area contributed by atoms with Crippen LogP contribution in [-0.2, 0) is 9.47 Å². The monoisotopic (exact) mass is 296 g/mol. The largest absolute Gasteiger partial charge is 0.507 e. The molecule has 0 bridgehead atoms. The Morgan fingerprint density at radius 2 is 2.14 bits per heavy atom. The van der Waals surface area contributed by atoms with Gasteiger partial charge in [-0.3, -0.25) is 0 Å². The molecule has 1 aromatic rings. The molecule has 2 rings (SSSR count). The number of nitrogens with one attached hydrogen (secondary N) is 2. The van der Waals surface area contributed by atoms with Gasteiger partial charge in [0.25, 0.3) is 0 Å². The summed E-state index contributed by atoms with van der Waals surface area (Å²) in [5.74, 6) is -1.63. The molecule has 8 nitrogen and oxygen atoms in total. The van der Waals surface area contributed by atoms with E-state index in [4.69, 9.17) is 14.6 Å². The van der Waals surface area contributed by atoms with Gasteiger partial charge in [0.1, 0.15) is 11.3 Å². The highest BCUT2D eigenvalue weighted by Gasteiger charge is 2.16. The summed E-state index contributed by atoms with van der Waals surface area (Å²) < 4.78 is 10.6. The number of aromatic carboxylic acids is 1. The first kappa shape index (κ1) is 15.1. The molecule has 0 spiro atoms. The SMILES string of the molecule is O=C(NCC1COCCO1)Nc1ccc(O)c(C(=O)O)c1. The molecule has 1 heterocycles. The zero-order valence-corrected chi connectivity index (χ0v) is 11.2. The first-order valence-corrected chi connectivity index (χ1v) is 6.37. The zero-order chi connectivity index (χ0) is 15.2. The summed E-state index contributed by atoms with van der Waals surface area (Å²) >= 11 is 0. The van der Waals surface area contributed by atoms with Crippen LogP contribution in [0.2, 0.25) is 0 Å². The second-order valence-corrected chi connectivity index (χ2v) is 4.44. The van der Waals surface area contributed by atoms with Crippen LogP contribution in [0.1, 0.15) is 10.4 Å². The number of carbonyl (C=O) groups is 2. The van der Waals surface area contributed by atoms with E-state index in [-0.39, 0.29) is 29.6 Å². The van der Waals surface area contributed by atoms with Crippen LogP contribution in [0, 0.1) is 0 Å². The maximum atomic E-state index is 11.7. The van der Waals surface area contributed by atoms with Gasteiger partial charge in [-0.1, -0.05) is 0 Å². The third-order valence-electron chi connectivity index (χ3n) is 2.86. The molecule has 0 saturated carbocycles. The van der Waals surface area contributed by atoms with Gasteiger partial charge in [-0.25, -0.2) is 9.59 Å². The quantitative estimate of drug-likeness (QED) is 0.605. The normalized spacial score (nSPS) is 18.0. The summed E-state index contributed by atoms with van der Waals surface area (Å²) in [5, 5.41) is 23.3. The van der Waals surface area contributed by atoms with Gasteiger partial charge in [-0.05, 0) is 18.2 Å². The van der Waals surface area contributed by atoms with Crippen molar-refractivity contribution in [2.75, 3.05) is 31.7 Å². The maximum absolute atomic E-state index is 11.7. The molecule has 1 fully saturated rings. The molecule has 114 valence electrons. The Hall–Kier alpha value is -2.32. The summed E-state index contributed by atoms with van der Waals surface area (Å²) in [4.78, 5) is 22.6. The Morgan fingerprint density at radius 3 is 2.81 bits per heavy atom. The standard InChI is InChI=1S/C13H16N2O6/c16-11-2-1-8(5-10(11)12(17)18)15-13(19)14-6-9-7-20-3-4-21-9/h1-2,5,9,16H,3-4,6-7H2,(H,17,18)(H2,14,15,19). The second-order valence-electron chi connectivity index (χ2n) is 4.44. The molecule has 4 N–H and O–H groups in total. The number of anilines is 1. The lowest BCUT2D eigenvalue weighted by molar-refractivity contribution is -0.0852. The molecule has 2 amide bonds. The van der Waals surface area contributed by atoms with Gasteiger partial charge in [0.2, 0.25) is 0 Å². The van der Waals surface area contributed by atoms with E-state index >= 15 is 0 Å². The van der Waals surface area contributed by atoms with E-state index in [2.05, 4.69) is 10.6 Å². The first-order valence-electron chi connectivity index (χ1n) is 6.37. The summed E-state index contributed by atoms with van der Waals surface area (Å²) in [6.07, 6.45) is -0.195. The zero-order valence-electron chi connectivity index (χ0n) is 11.2. The number of ether oxygens (including phenoxy) is 2. The predicted octanol–water partition coefficient (Wildman–Crippen LogP) is 0.627. The molecule has 1 unspecified atom stereocenters. The molecule has 1 aromatic carbocycles. The van der Waals surface area contributed by atoms with Gasteiger partial charge in [0.05, 0.1) is 25.9 Å². The van der Waals surface area contributed by atoms with Gasteiger partial charge in [0, 0.05) is 12.2 Å². The lowest BCUT2D eigenvalue weighted by Crippen LogP contribution is -2.41. The number of phenols is 1. The van der Waals surface area contributed by atoms with Crippen LogP contribution in [0.5, 0.6) is 5.75 Å². The van der Waals surface area contributed by atoms with Gasteiger partial charge in [-0.2, -0.15) is 0 Å². The van der Waals surface area contributed by atoms with Crippen LogP contribution < -0.4 is 10.6 Å². The molecular weight excluding hydrogens is 280 g/mol. The molecule has 1 saturated heterocycles. The van der Waals surface area contributed by atoms with Gasteiger partial charge >= 0.3 is 12.0 Å². The molecule has 0 aromatic heterocycles. The van der Waals surface area contributed by atoms with Crippen LogP contribution in [-0.4, -0.2) is 54.7 Å².